The Balaban J connectivity index is 0.000000104. The van der Waals surface area contributed by atoms with Gasteiger partial charge in [0.1, 0.15) is 0 Å². The van der Waals surface area contributed by atoms with E-state index in [0.29, 0.717) is 0 Å². The Morgan fingerprint density at radius 2 is 0.407 bits per heavy atom. The highest BCUT2D eigenvalue weighted by Gasteiger charge is 2.40. The van der Waals surface area contributed by atoms with Crippen LogP contribution in [0.4, 0.5) is 68.2 Å². The van der Waals surface area contributed by atoms with Gasteiger partial charge >= 0.3 is 0 Å². The number of thiophene rings is 1. The predicted molar refractivity (Wildman–Crippen MR) is 642 cm³/mol. The molecule has 0 aliphatic heterocycles. The fourth-order valence-electron chi connectivity index (χ4n) is 23.6. The van der Waals surface area contributed by atoms with E-state index in [1.807, 2.05) is 11.3 Å². The second-order valence-electron chi connectivity index (χ2n) is 40.9. The SMILES string of the molecule is CC1(C)c2ccccc2-c2c(-c3cc4ccccc4cc3N(c3ccccc3)c3ccccc3)cccc21.CC1(C)c2ccccc2-c2cc(-c3cc4ccccc4cc3N(c3ccccc3)c3ccccc3)ccc21.CC1(C)c2ccccc2-c2ccc(-c3cc4ccccc4cc3N(c3ccccc3)c3ccccc3)cc21.c1ccc(N(c2ccccc2)c2cc3ccccc3cc2-c2cccc3c2sc2ccccc23)cc1. The van der Waals surface area contributed by atoms with E-state index in [2.05, 4.69) is 619 Å². The van der Waals surface area contributed by atoms with Crippen molar-refractivity contribution in [3.63, 3.8) is 0 Å². The van der Waals surface area contributed by atoms with E-state index in [4.69, 9.17) is 0 Å². The largest absolute Gasteiger partial charge is 0.310 e. The molecule has 28 rings (SSSR count). The molecule has 716 valence electrons. The third kappa shape index (κ3) is 17.0. The molecule has 4 nitrogen and oxygen atoms in total. The molecule has 0 spiro atoms. The Labute approximate surface area is 883 Å². The summed E-state index contributed by atoms with van der Waals surface area (Å²) in [5.74, 6) is 0. The molecule has 0 radical (unpaired) electrons. The van der Waals surface area contributed by atoms with E-state index in [0.717, 1.165) is 45.5 Å². The fraction of sp³-hybridized carbons (Fsp3) is 0.0621. The summed E-state index contributed by atoms with van der Waals surface area (Å²) in [5, 5.41) is 12.6. The van der Waals surface area contributed by atoms with Gasteiger partial charge in [0, 0.05) is 110 Å². The molecule has 0 unspecified atom stereocenters. The quantitative estimate of drug-likeness (QED) is 0.0956. The molecular formula is C145H110N4S. The monoisotopic (exact) mass is 1940 g/mol. The number of anilines is 12. The molecule has 0 fully saturated rings. The first-order valence-corrected chi connectivity index (χ1v) is 52.9. The summed E-state index contributed by atoms with van der Waals surface area (Å²) in [6.07, 6.45) is 0. The summed E-state index contributed by atoms with van der Waals surface area (Å²) in [6.45, 7) is 14.1. The molecule has 0 saturated heterocycles. The summed E-state index contributed by atoms with van der Waals surface area (Å²) in [7, 11) is 0. The van der Waals surface area contributed by atoms with Crippen molar-refractivity contribution < 1.29 is 0 Å². The van der Waals surface area contributed by atoms with Gasteiger partial charge in [-0.15, -0.1) is 11.3 Å². The standard InChI is InChI=1S/3C37H29N.C34H23NS/c1-37(2)33-22-12-11-20-31(33)36-30(21-13-23-34(36)37)32-24-26-14-9-10-15-27(26)25-35(32)38(28-16-5-3-6-17-28)29-18-7-4-8-19-29;1-37(2)34-20-12-11-19-31(34)33-24-28(21-22-35(33)37)32-23-26-13-9-10-14-27(26)25-36(32)38(29-15-5-3-6-16-29)30-17-7-4-8-18-30;1-37(2)34-20-12-11-19-31(34)32-22-21-28(24-35(32)37)33-23-26-13-9-10-14-27(26)25-36(33)38(29-15-5-3-6-16-29)30-17-7-4-8-18-30;1-3-14-26(15-4-1)35(27-16-5-2-6-17-27)32-23-25-13-8-7-12-24(25)22-31(32)30-20-11-19-29-28-18-9-10-21-33(28)36-34(29)30/h3*3-25H,1-2H3;1-23H. The van der Waals surface area contributed by atoms with Crippen molar-refractivity contribution in [2.45, 2.75) is 57.8 Å². The average Bonchev–Trinajstić information content (AvgIpc) is 1.56. The molecule has 0 saturated carbocycles. The van der Waals surface area contributed by atoms with Gasteiger partial charge in [0.2, 0.25) is 0 Å². The number of para-hydroxylation sites is 8. The zero-order valence-corrected chi connectivity index (χ0v) is 85.6. The van der Waals surface area contributed by atoms with Crippen LogP contribution < -0.4 is 19.6 Å². The molecule has 3 aliphatic rings. The minimum absolute atomic E-state index is 0.00319. The molecule has 0 N–H and O–H groups in total. The highest BCUT2D eigenvalue weighted by Crippen LogP contribution is 2.59. The van der Waals surface area contributed by atoms with Gasteiger partial charge in [0.05, 0.1) is 22.7 Å². The van der Waals surface area contributed by atoms with Crippen LogP contribution in [0.25, 0.3) is 141 Å². The van der Waals surface area contributed by atoms with E-state index in [1.165, 1.54) is 197 Å². The third-order valence-corrected chi connectivity index (χ3v) is 32.1. The fourth-order valence-corrected chi connectivity index (χ4v) is 24.8. The molecule has 3 aliphatic carbocycles. The van der Waals surface area contributed by atoms with E-state index in [1.54, 1.807) is 0 Å². The highest BCUT2D eigenvalue weighted by atomic mass is 32.1. The number of hydrogen-bond donors (Lipinski definition) is 0. The molecule has 1 aromatic heterocycles. The molecule has 25 aromatic rings. The van der Waals surface area contributed by atoms with E-state index in [9.17, 15) is 0 Å². The van der Waals surface area contributed by atoms with Crippen molar-refractivity contribution in [2.75, 3.05) is 19.6 Å². The van der Waals surface area contributed by atoms with Crippen LogP contribution in [-0.2, 0) is 16.2 Å². The normalized spacial score (nSPS) is 12.8. The van der Waals surface area contributed by atoms with Gasteiger partial charge in [-0.2, -0.15) is 0 Å². The Morgan fingerprint density at radius 3 is 0.813 bits per heavy atom. The lowest BCUT2D eigenvalue weighted by molar-refractivity contribution is 0.660. The van der Waals surface area contributed by atoms with Gasteiger partial charge < -0.3 is 19.6 Å². The lowest BCUT2D eigenvalue weighted by atomic mass is 9.81. The second kappa shape index (κ2) is 39.3. The molecule has 1 heterocycles. The zero-order valence-electron chi connectivity index (χ0n) is 84.8. The Morgan fingerprint density at radius 1 is 0.153 bits per heavy atom. The first kappa shape index (κ1) is 92.8. The minimum Gasteiger partial charge on any atom is -0.310 e. The number of rotatable bonds is 16. The Hall–Kier alpha value is -18.3. The van der Waals surface area contributed by atoms with Crippen LogP contribution in [0.3, 0.4) is 0 Å². The van der Waals surface area contributed by atoms with Crippen LogP contribution in [0.2, 0.25) is 0 Å². The van der Waals surface area contributed by atoms with Crippen molar-refractivity contribution in [3.05, 3.63) is 591 Å². The lowest BCUT2D eigenvalue weighted by Crippen LogP contribution is -2.15. The smallest absolute Gasteiger partial charge is 0.0546 e. The average molecular weight is 1940 g/mol. The number of nitrogens with zero attached hydrogens (tertiary/aromatic N) is 4. The van der Waals surface area contributed by atoms with Crippen molar-refractivity contribution in [1.82, 2.24) is 0 Å². The van der Waals surface area contributed by atoms with Crippen LogP contribution in [0, 0.1) is 0 Å². The van der Waals surface area contributed by atoms with Gasteiger partial charge in [-0.1, -0.05) is 436 Å². The first-order valence-electron chi connectivity index (χ1n) is 52.1. The van der Waals surface area contributed by atoms with E-state index < -0.39 is 0 Å². The predicted octanol–water partition coefficient (Wildman–Crippen LogP) is 41.2. The van der Waals surface area contributed by atoms with Gasteiger partial charge in [0.25, 0.3) is 0 Å². The van der Waals surface area contributed by atoms with Crippen molar-refractivity contribution in [1.29, 1.82) is 0 Å². The van der Waals surface area contributed by atoms with E-state index >= 15 is 0 Å². The topological polar surface area (TPSA) is 13.0 Å². The maximum atomic E-state index is 2.43. The minimum atomic E-state index is -0.0442. The van der Waals surface area contributed by atoms with Crippen molar-refractivity contribution >= 4 is 143 Å². The lowest BCUT2D eigenvalue weighted by Gasteiger charge is -2.29. The van der Waals surface area contributed by atoms with Crippen LogP contribution in [-0.4, -0.2) is 0 Å². The van der Waals surface area contributed by atoms with Crippen molar-refractivity contribution in [2.24, 2.45) is 0 Å². The van der Waals surface area contributed by atoms with Gasteiger partial charge in [0.15, 0.2) is 0 Å². The highest BCUT2D eigenvalue weighted by molar-refractivity contribution is 7.26. The summed E-state index contributed by atoms with van der Waals surface area (Å²) in [4.78, 5) is 9.54. The maximum Gasteiger partial charge on any atom is 0.0546 e. The van der Waals surface area contributed by atoms with Gasteiger partial charge in [-0.3, -0.25) is 0 Å². The van der Waals surface area contributed by atoms with Crippen LogP contribution in [0.5, 0.6) is 0 Å². The van der Waals surface area contributed by atoms with Crippen LogP contribution in [0.15, 0.2) is 558 Å². The molecule has 5 heteroatoms. The molecule has 0 bridgehead atoms. The molecule has 150 heavy (non-hydrogen) atoms. The maximum absolute atomic E-state index is 2.43. The molecule has 0 amide bonds. The van der Waals surface area contributed by atoms with Gasteiger partial charge in [-0.05, 0) is 290 Å². The summed E-state index contributed by atoms with van der Waals surface area (Å²) in [6, 6.07) is 202. The summed E-state index contributed by atoms with van der Waals surface area (Å²) >= 11 is 1.88. The van der Waals surface area contributed by atoms with Gasteiger partial charge in [-0.25, -0.2) is 0 Å². The third-order valence-electron chi connectivity index (χ3n) is 30.9. The molecular weight excluding hydrogens is 1830 g/mol. The number of hydrogen-bond acceptors (Lipinski definition) is 5. The van der Waals surface area contributed by atoms with Crippen LogP contribution >= 0.6 is 11.3 Å². The van der Waals surface area contributed by atoms with Crippen LogP contribution in [0.1, 0.15) is 74.9 Å². The Bertz CT molecular complexity index is 9180. The zero-order chi connectivity index (χ0) is 101. The second-order valence-corrected chi connectivity index (χ2v) is 42.0. The number of benzene rings is 24. The summed E-state index contributed by atoms with van der Waals surface area (Å²) in [5.41, 5.74) is 40.1. The van der Waals surface area contributed by atoms with Crippen molar-refractivity contribution in [3.8, 4) is 77.9 Å². The first-order chi connectivity index (χ1) is 73.7. The Kier molecular flexibility index (Phi) is 24.3. The summed E-state index contributed by atoms with van der Waals surface area (Å²) < 4.78 is 2.65. The molecule has 0 atom stereocenters. The molecule has 24 aromatic carbocycles. The van der Waals surface area contributed by atoms with E-state index in [-0.39, 0.29) is 16.2 Å². The number of fused-ring (bicyclic) bond motifs is 16.